The number of rotatable bonds is 6. The lowest BCUT2D eigenvalue weighted by Crippen LogP contribution is -2.33. The molecule has 1 N–H and O–H groups in total. The third kappa shape index (κ3) is 3.50. The molecule has 144 valence electrons. The lowest BCUT2D eigenvalue weighted by Gasteiger charge is -2.28. The molecule has 1 aromatic carbocycles. The van der Waals surface area contributed by atoms with Crippen LogP contribution in [-0.2, 0) is 4.74 Å². The number of hydrogen-bond acceptors (Lipinski definition) is 3. The zero-order valence-electron chi connectivity index (χ0n) is 15.5. The average Bonchev–Trinajstić information content (AvgIpc) is 3.31. The van der Waals surface area contributed by atoms with Gasteiger partial charge in [-0.15, -0.1) is 0 Å². The maximum atomic E-state index is 13.8. The fraction of sp³-hybridized carbons (Fsp3) is 0.238. The van der Waals surface area contributed by atoms with E-state index >= 15 is 0 Å². The highest BCUT2D eigenvalue weighted by atomic mass is 32.1. The molecule has 3 aromatic rings. The summed E-state index contributed by atoms with van der Waals surface area (Å²) in [7, 11) is 1.67. The number of nitrogens with one attached hydrogen (secondary N) is 1. The number of thiocarbonyl (C=S) groups is 1. The van der Waals surface area contributed by atoms with Gasteiger partial charge in [0.15, 0.2) is 5.11 Å². The Labute approximate surface area is 168 Å². The molecular formula is C21H21FN4OS. The van der Waals surface area contributed by atoms with Gasteiger partial charge in [0.1, 0.15) is 5.82 Å². The van der Waals surface area contributed by atoms with Crippen LogP contribution < -0.4 is 5.32 Å². The van der Waals surface area contributed by atoms with Crippen molar-refractivity contribution in [3.8, 4) is 5.69 Å². The van der Waals surface area contributed by atoms with Crippen LogP contribution in [0.3, 0.4) is 0 Å². The van der Waals surface area contributed by atoms with E-state index in [1.54, 1.807) is 19.4 Å². The summed E-state index contributed by atoms with van der Waals surface area (Å²) in [5.74, 6) is -0.269. The molecule has 0 aliphatic carbocycles. The summed E-state index contributed by atoms with van der Waals surface area (Å²) in [5, 5.41) is 4.07. The van der Waals surface area contributed by atoms with Crippen LogP contribution in [0.15, 0.2) is 67.0 Å². The normalized spacial score (nSPS) is 19.1. The van der Waals surface area contributed by atoms with Crippen molar-refractivity contribution in [3.05, 3.63) is 84.2 Å². The quantitative estimate of drug-likeness (QED) is 0.645. The second kappa shape index (κ2) is 8.08. The summed E-state index contributed by atoms with van der Waals surface area (Å²) in [6, 6.07) is 16.2. The van der Waals surface area contributed by atoms with Gasteiger partial charge in [-0.1, -0.05) is 12.1 Å². The molecule has 2 atom stereocenters. The molecule has 0 amide bonds. The first kappa shape index (κ1) is 18.6. The zero-order valence-corrected chi connectivity index (χ0v) is 16.3. The van der Waals surface area contributed by atoms with Crippen LogP contribution in [0.2, 0.25) is 0 Å². The van der Waals surface area contributed by atoms with E-state index in [2.05, 4.69) is 15.2 Å². The minimum absolute atomic E-state index is 0.101. The maximum Gasteiger partial charge on any atom is 0.170 e. The van der Waals surface area contributed by atoms with Crippen LogP contribution in [0.4, 0.5) is 4.39 Å². The van der Waals surface area contributed by atoms with E-state index in [4.69, 9.17) is 17.0 Å². The molecule has 0 saturated carbocycles. The minimum Gasteiger partial charge on any atom is -0.383 e. The number of nitrogens with zero attached hydrogens (tertiary/aromatic N) is 3. The number of hydrogen-bond donors (Lipinski definition) is 1. The summed E-state index contributed by atoms with van der Waals surface area (Å²) in [5.41, 5.74) is 2.68. The summed E-state index contributed by atoms with van der Waals surface area (Å²) in [6.45, 7) is 1.19. The Hall–Kier alpha value is -2.77. The SMILES string of the molecule is COCCN1C(=S)N[C@@H](c2ccccn2)[C@@H]1c1cccn1-c1cccc(F)c1. The first-order valence-corrected chi connectivity index (χ1v) is 9.50. The van der Waals surface area contributed by atoms with Gasteiger partial charge in [-0.2, -0.15) is 0 Å². The molecule has 4 rings (SSSR count). The van der Waals surface area contributed by atoms with Gasteiger partial charge in [-0.25, -0.2) is 4.39 Å². The fourth-order valence-corrected chi connectivity index (χ4v) is 3.99. The predicted octanol–water partition coefficient (Wildman–Crippen LogP) is 3.63. The first-order valence-electron chi connectivity index (χ1n) is 9.09. The van der Waals surface area contributed by atoms with E-state index in [0.29, 0.717) is 18.3 Å². The van der Waals surface area contributed by atoms with E-state index in [9.17, 15) is 4.39 Å². The number of ether oxygens (including phenoxy) is 1. The van der Waals surface area contributed by atoms with Crippen molar-refractivity contribution in [1.82, 2.24) is 19.8 Å². The van der Waals surface area contributed by atoms with Crippen LogP contribution in [0, 0.1) is 5.82 Å². The zero-order chi connectivity index (χ0) is 19.5. The molecule has 0 bridgehead atoms. The smallest absolute Gasteiger partial charge is 0.170 e. The Morgan fingerprint density at radius 1 is 1.18 bits per heavy atom. The molecule has 1 saturated heterocycles. The summed E-state index contributed by atoms with van der Waals surface area (Å²) < 4.78 is 21.1. The predicted molar refractivity (Wildman–Crippen MR) is 110 cm³/mol. The molecular weight excluding hydrogens is 375 g/mol. The average molecular weight is 396 g/mol. The van der Waals surface area contributed by atoms with E-state index in [0.717, 1.165) is 17.1 Å². The molecule has 0 unspecified atom stereocenters. The van der Waals surface area contributed by atoms with Crippen molar-refractivity contribution in [2.45, 2.75) is 12.1 Å². The second-order valence-corrected chi connectivity index (χ2v) is 6.98. The molecule has 1 aliphatic rings. The second-order valence-electron chi connectivity index (χ2n) is 6.60. The van der Waals surface area contributed by atoms with E-state index in [1.165, 1.54) is 12.1 Å². The van der Waals surface area contributed by atoms with Gasteiger partial charge in [0.05, 0.1) is 24.4 Å². The van der Waals surface area contributed by atoms with Crippen molar-refractivity contribution in [2.24, 2.45) is 0 Å². The van der Waals surface area contributed by atoms with Gasteiger partial charge in [-0.3, -0.25) is 4.98 Å². The molecule has 0 spiro atoms. The fourth-order valence-electron chi connectivity index (χ4n) is 3.65. The summed E-state index contributed by atoms with van der Waals surface area (Å²) in [4.78, 5) is 6.65. The van der Waals surface area contributed by atoms with Crippen molar-refractivity contribution < 1.29 is 9.13 Å². The Kier molecular flexibility index (Phi) is 5.36. The number of benzene rings is 1. The topological polar surface area (TPSA) is 42.3 Å². The number of pyridine rings is 1. The standard InChI is InChI=1S/C21H21FN4OS/c1-27-13-12-26-20(19(24-21(26)28)17-8-2-3-10-23-17)18-9-5-11-25(18)16-7-4-6-15(22)14-16/h2-11,14,19-20H,12-13H2,1H3,(H,24,28)/t19-,20-/m0/s1. The number of halogens is 1. The Morgan fingerprint density at radius 2 is 2.07 bits per heavy atom. The van der Waals surface area contributed by atoms with Crippen LogP contribution >= 0.6 is 12.2 Å². The highest BCUT2D eigenvalue weighted by Gasteiger charge is 2.41. The van der Waals surface area contributed by atoms with Crippen LogP contribution in [-0.4, -0.2) is 39.8 Å². The highest BCUT2D eigenvalue weighted by Crippen LogP contribution is 2.39. The van der Waals surface area contributed by atoms with Crippen molar-refractivity contribution in [3.63, 3.8) is 0 Å². The molecule has 28 heavy (non-hydrogen) atoms. The molecule has 7 heteroatoms. The molecule has 0 radical (unpaired) electrons. The van der Waals surface area contributed by atoms with Gasteiger partial charge >= 0.3 is 0 Å². The molecule has 5 nitrogen and oxygen atoms in total. The van der Waals surface area contributed by atoms with Crippen molar-refractivity contribution in [1.29, 1.82) is 0 Å². The Morgan fingerprint density at radius 3 is 2.82 bits per heavy atom. The highest BCUT2D eigenvalue weighted by molar-refractivity contribution is 7.80. The largest absolute Gasteiger partial charge is 0.383 e. The monoisotopic (exact) mass is 396 g/mol. The molecule has 1 fully saturated rings. The van der Waals surface area contributed by atoms with E-state index < -0.39 is 0 Å². The first-order chi connectivity index (χ1) is 13.7. The molecule has 2 aromatic heterocycles. The van der Waals surface area contributed by atoms with Crippen LogP contribution in [0.1, 0.15) is 23.5 Å². The summed E-state index contributed by atoms with van der Waals surface area (Å²) >= 11 is 5.62. The lowest BCUT2D eigenvalue weighted by molar-refractivity contribution is 0.163. The third-order valence-electron chi connectivity index (χ3n) is 4.90. The third-order valence-corrected chi connectivity index (χ3v) is 5.26. The van der Waals surface area contributed by atoms with Gasteiger partial charge in [0.2, 0.25) is 0 Å². The minimum atomic E-state index is -0.269. The summed E-state index contributed by atoms with van der Waals surface area (Å²) in [6.07, 6.45) is 3.72. The number of methoxy groups -OCH3 is 1. The Bertz CT molecular complexity index is 962. The van der Waals surface area contributed by atoms with Gasteiger partial charge in [0.25, 0.3) is 0 Å². The van der Waals surface area contributed by atoms with Gasteiger partial charge in [-0.05, 0) is 54.7 Å². The van der Waals surface area contributed by atoms with E-state index in [-0.39, 0.29) is 17.9 Å². The van der Waals surface area contributed by atoms with E-state index in [1.807, 2.05) is 47.2 Å². The van der Waals surface area contributed by atoms with Crippen molar-refractivity contribution in [2.75, 3.05) is 20.3 Å². The van der Waals surface area contributed by atoms with Crippen LogP contribution in [0.5, 0.6) is 0 Å². The van der Waals surface area contributed by atoms with Crippen LogP contribution in [0.25, 0.3) is 5.69 Å². The molecule has 1 aliphatic heterocycles. The van der Waals surface area contributed by atoms with Gasteiger partial charge in [0, 0.05) is 37.4 Å². The molecule has 3 heterocycles. The maximum absolute atomic E-state index is 13.8. The Balaban J connectivity index is 1.79. The lowest BCUT2D eigenvalue weighted by atomic mass is 10.0. The van der Waals surface area contributed by atoms with Crippen molar-refractivity contribution >= 4 is 17.3 Å². The van der Waals surface area contributed by atoms with Gasteiger partial charge < -0.3 is 19.5 Å². The number of aromatic nitrogens is 2.